The van der Waals surface area contributed by atoms with E-state index in [1.807, 2.05) is 18.2 Å². The third-order valence-electron chi connectivity index (χ3n) is 4.13. The zero-order chi connectivity index (χ0) is 17.9. The fourth-order valence-electron chi connectivity index (χ4n) is 2.68. The molecule has 0 radical (unpaired) electrons. The van der Waals surface area contributed by atoms with Crippen LogP contribution in [-0.2, 0) is 10.0 Å². The molecule has 1 atom stereocenters. The Morgan fingerprint density at radius 3 is 2.60 bits per heavy atom. The van der Waals surface area contributed by atoms with Gasteiger partial charge in [0, 0.05) is 6.54 Å². The van der Waals surface area contributed by atoms with Crippen molar-refractivity contribution in [2.24, 2.45) is 0 Å². The van der Waals surface area contributed by atoms with E-state index in [4.69, 9.17) is 21.1 Å². The summed E-state index contributed by atoms with van der Waals surface area (Å²) in [7, 11) is -3.61. The van der Waals surface area contributed by atoms with Crippen LogP contribution in [0.2, 0.25) is 5.02 Å². The fraction of sp³-hybridized carbons (Fsp3) is 0.333. The molecule has 1 aliphatic heterocycles. The Kier molecular flexibility index (Phi) is 5.51. The van der Waals surface area contributed by atoms with Crippen LogP contribution in [0.15, 0.2) is 47.4 Å². The van der Waals surface area contributed by atoms with Gasteiger partial charge >= 0.3 is 0 Å². The van der Waals surface area contributed by atoms with Gasteiger partial charge in [-0.05, 0) is 42.2 Å². The van der Waals surface area contributed by atoms with E-state index in [-0.39, 0.29) is 15.8 Å². The zero-order valence-electron chi connectivity index (χ0n) is 13.9. The van der Waals surface area contributed by atoms with Crippen molar-refractivity contribution in [1.82, 2.24) is 4.72 Å². The van der Waals surface area contributed by atoms with E-state index in [0.717, 1.165) is 17.1 Å². The van der Waals surface area contributed by atoms with Gasteiger partial charge in [0.15, 0.2) is 11.5 Å². The fourth-order valence-corrected chi connectivity index (χ4v) is 4.25. The Morgan fingerprint density at radius 1 is 1.12 bits per heavy atom. The summed E-state index contributed by atoms with van der Waals surface area (Å²) in [6, 6.07) is 12.3. The molecule has 0 saturated carbocycles. The van der Waals surface area contributed by atoms with Crippen LogP contribution in [0.25, 0.3) is 0 Å². The summed E-state index contributed by atoms with van der Waals surface area (Å²) >= 11 is 5.97. The van der Waals surface area contributed by atoms with Crippen molar-refractivity contribution in [3.05, 3.63) is 53.1 Å². The van der Waals surface area contributed by atoms with E-state index in [2.05, 4.69) is 11.6 Å². The van der Waals surface area contributed by atoms with Gasteiger partial charge in [0.2, 0.25) is 10.0 Å². The Hall–Kier alpha value is -1.76. The molecule has 5 nitrogen and oxygen atoms in total. The minimum atomic E-state index is -3.61. The van der Waals surface area contributed by atoms with Gasteiger partial charge < -0.3 is 9.47 Å². The molecule has 0 saturated heterocycles. The zero-order valence-corrected chi connectivity index (χ0v) is 15.4. The first kappa shape index (κ1) is 18.0. The molecule has 3 rings (SSSR count). The number of rotatable bonds is 6. The van der Waals surface area contributed by atoms with Crippen molar-refractivity contribution in [2.75, 3.05) is 19.8 Å². The van der Waals surface area contributed by atoms with Crippen LogP contribution in [-0.4, -0.2) is 28.2 Å². The minimum absolute atomic E-state index is 0.101. The third kappa shape index (κ3) is 4.26. The average Bonchev–Trinajstić information content (AvgIpc) is 2.61. The van der Waals surface area contributed by atoms with Gasteiger partial charge in [-0.1, -0.05) is 36.7 Å². The van der Waals surface area contributed by atoms with Crippen LogP contribution in [0.3, 0.4) is 0 Å². The second-order valence-electron chi connectivity index (χ2n) is 5.92. The van der Waals surface area contributed by atoms with E-state index in [9.17, 15) is 8.42 Å². The molecule has 0 aliphatic carbocycles. The molecule has 1 unspecified atom stereocenters. The van der Waals surface area contributed by atoms with Crippen molar-refractivity contribution in [3.63, 3.8) is 0 Å². The highest BCUT2D eigenvalue weighted by molar-refractivity contribution is 7.89. The van der Waals surface area contributed by atoms with Crippen molar-refractivity contribution in [1.29, 1.82) is 0 Å². The lowest BCUT2D eigenvalue weighted by Gasteiger charge is -2.20. The molecule has 1 N–H and O–H groups in total. The molecular weight excluding hydrogens is 362 g/mol. The van der Waals surface area contributed by atoms with E-state index in [1.165, 1.54) is 6.07 Å². The van der Waals surface area contributed by atoms with Crippen molar-refractivity contribution >= 4 is 21.6 Å². The summed E-state index contributed by atoms with van der Waals surface area (Å²) in [4.78, 5) is 0.101. The summed E-state index contributed by atoms with van der Waals surface area (Å²) in [5, 5.41) is 0.217. The Bertz CT molecular complexity index is 854. The predicted octanol–water partition coefficient (Wildman–Crippen LogP) is 3.58. The number of benzene rings is 2. The van der Waals surface area contributed by atoms with Crippen LogP contribution >= 0.6 is 11.6 Å². The van der Waals surface area contributed by atoms with Crippen LogP contribution in [0.5, 0.6) is 11.5 Å². The quantitative estimate of drug-likeness (QED) is 0.830. The van der Waals surface area contributed by atoms with Gasteiger partial charge in [-0.2, -0.15) is 0 Å². The van der Waals surface area contributed by atoms with E-state index in [0.29, 0.717) is 26.2 Å². The first-order valence-corrected chi connectivity index (χ1v) is 9.97. The lowest BCUT2D eigenvalue weighted by molar-refractivity contribution is 0.171. The SMILES string of the molecule is CC(CCNS(=O)(=O)c1ccccc1Cl)c1ccc2c(c1)OCCO2. The van der Waals surface area contributed by atoms with Gasteiger partial charge in [0.25, 0.3) is 0 Å². The second kappa shape index (κ2) is 7.64. The van der Waals surface area contributed by atoms with E-state index < -0.39 is 10.0 Å². The molecule has 0 fully saturated rings. The summed E-state index contributed by atoms with van der Waals surface area (Å²) in [6.45, 7) is 3.48. The number of sulfonamides is 1. The van der Waals surface area contributed by atoms with Crippen molar-refractivity contribution in [2.45, 2.75) is 24.2 Å². The van der Waals surface area contributed by atoms with E-state index in [1.54, 1.807) is 18.2 Å². The number of hydrogen-bond acceptors (Lipinski definition) is 4. The molecular formula is C18H20ClNO4S. The highest BCUT2D eigenvalue weighted by Crippen LogP contribution is 2.33. The summed E-state index contributed by atoms with van der Waals surface area (Å²) < 4.78 is 38.4. The maximum atomic E-state index is 12.3. The molecule has 7 heteroatoms. The Morgan fingerprint density at radius 2 is 1.84 bits per heavy atom. The number of hydrogen-bond donors (Lipinski definition) is 1. The predicted molar refractivity (Wildman–Crippen MR) is 97.1 cm³/mol. The monoisotopic (exact) mass is 381 g/mol. The summed E-state index contributed by atoms with van der Waals surface area (Å²) in [6.07, 6.45) is 0.656. The normalized spacial score (nSPS) is 15.0. The summed E-state index contributed by atoms with van der Waals surface area (Å²) in [5.41, 5.74) is 1.08. The lowest BCUT2D eigenvalue weighted by Crippen LogP contribution is -2.26. The smallest absolute Gasteiger partial charge is 0.242 e. The molecule has 2 aromatic carbocycles. The van der Waals surface area contributed by atoms with Crippen molar-refractivity contribution < 1.29 is 17.9 Å². The Labute approximate surface area is 153 Å². The minimum Gasteiger partial charge on any atom is -0.486 e. The molecule has 0 spiro atoms. The van der Waals surface area contributed by atoms with Gasteiger partial charge in [0.1, 0.15) is 18.1 Å². The van der Waals surface area contributed by atoms with Crippen LogP contribution < -0.4 is 14.2 Å². The molecule has 25 heavy (non-hydrogen) atoms. The average molecular weight is 382 g/mol. The second-order valence-corrected chi connectivity index (χ2v) is 8.06. The molecule has 0 bridgehead atoms. The highest BCUT2D eigenvalue weighted by atomic mass is 35.5. The number of nitrogens with one attached hydrogen (secondary N) is 1. The standard InChI is InChI=1S/C18H20ClNO4S/c1-13(14-6-7-16-17(12-14)24-11-10-23-16)8-9-20-25(21,22)18-5-3-2-4-15(18)19/h2-7,12-13,20H,8-11H2,1H3. The van der Waals surface area contributed by atoms with E-state index >= 15 is 0 Å². The maximum absolute atomic E-state index is 12.3. The van der Waals surface area contributed by atoms with Gasteiger partial charge in [0.05, 0.1) is 5.02 Å². The van der Waals surface area contributed by atoms with Gasteiger partial charge in [-0.25, -0.2) is 13.1 Å². The lowest BCUT2D eigenvalue weighted by atomic mass is 9.97. The van der Waals surface area contributed by atoms with Gasteiger partial charge in [-0.3, -0.25) is 0 Å². The molecule has 134 valence electrons. The summed E-state index contributed by atoms with van der Waals surface area (Å²) in [5.74, 6) is 1.67. The van der Waals surface area contributed by atoms with Crippen LogP contribution in [0.1, 0.15) is 24.8 Å². The largest absolute Gasteiger partial charge is 0.486 e. The molecule has 2 aromatic rings. The third-order valence-corrected chi connectivity index (χ3v) is 6.09. The molecule has 0 aromatic heterocycles. The highest BCUT2D eigenvalue weighted by Gasteiger charge is 2.18. The first-order valence-electron chi connectivity index (χ1n) is 8.11. The number of halogens is 1. The topological polar surface area (TPSA) is 64.6 Å². The molecule has 1 aliphatic rings. The van der Waals surface area contributed by atoms with Crippen LogP contribution in [0.4, 0.5) is 0 Å². The molecule has 1 heterocycles. The Balaban J connectivity index is 1.61. The number of ether oxygens (including phenoxy) is 2. The first-order chi connectivity index (χ1) is 12.0. The van der Waals surface area contributed by atoms with Crippen LogP contribution in [0, 0.1) is 0 Å². The molecule has 0 amide bonds. The van der Waals surface area contributed by atoms with Gasteiger partial charge in [-0.15, -0.1) is 0 Å². The number of fused-ring (bicyclic) bond motifs is 1. The van der Waals surface area contributed by atoms with Crippen molar-refractivity contribution in [3.8, 4) is 11.5 Å². The maximum Gasteiger partial charge on any atom is 0.242 e.